The maximum Gasteiger partial charge on any atom is 0.327 e. The zero-order valence-corrected chi connectivity index (χ0v) is 16.5. The lowest BCUT2D eigenvalue weighted by Crippen LogP contribution is -2.34. The number of aliphatic hydroxyl groups is 1. The molecule has 0 saturated carbocycles. The molecular weight excluding hydrogens is 394 g/mol. The van der Waals surface area contributed by atoms with E-state index in [2.05, 4.69) is 19.9 Å². The zero-order valence-electron chi connectivity index (χ0n) is 15.8. The highest BCUT2D eigenvalue weighted by Gasteiger charge is 2.23. The zero-order chi connectivity index (χ0) is 20.1. The minimum Gasteiger partial charge on any atom is -0.393 e. The first-order chi connectivity index (χ1) is 14.0. The Balaban J connectivity index is 1.59. The number of rotatable bonds is 3. The van der Waals surface area contributed by atoms with E-state index in [1.807, 2.05) is 13.0 Å². The molecule has 2 atom stereocenters. The molecule has 0 bridgehead atoms. The molecule has 0 radical (unpaired) electrons. The summed E-state index contributed by atoms with van der Waals surface area (Å²) in [6.45, 7) is 2.85. The van der Waals surface area contributed by atoms with Gasteiger partial charge in [0.2, 0.25) is 0 Å². The summed E-state index contributed by atoms with van der Waals surface area (Å²) in [6, 6.07) is 1.93. The highest BCUT2D eigenvalue weighted by atomic mass is 35.5. The van der Waals surface area contributed by atoms with E-state index in [-0.39, 0.29) is 11.8 Å². The number of aryl methyl sites for hydroxylation is 1. The van der Waals surface area contributed by atoms with Gasteiger partial charge in [-0.2, -0.15) is 0 Å². The van der Waals surface area contributed by atoms with E-state index < -0.39 is 6.10 Å². The van der Waals surface area contributed by atoms with Crippen molar-refractivity contribution in [2.24, 2.45) is 0 Å². The first-order valence-electron chi connectivity index (χ1n) is 9.52. The number of nitrogens with zero attached hydrogens (tertiary/aromatic N) is 3. The molecule has 1 saturated heterocycles. The van der Waals surface area contributed by atoms with E-state index in [1.54, 1.807) is 23.2 Å². The number of halogens is 1. The summed E-state index contributed by atoms with van der Waals surface area (Å²) >= 11 is 6.31. The molecule has 1 aliphatic heterocycles. The standard InChI is InChI=1S/C20H20ClN5O3/c1-10-14(7-23-19-17(10)15(21)8-24-19)11-4-16-18(22-6-11)25-20(28)26(16)9-13-5-12(27)2-3-29-13/h4,6-8,12-13,27H,2-3,5,9H2,1H3,(H,23,24)(H,22,25,28)/t12-,13+/m0/s1. The third kappa shape index (κ3) is 3.13. The van der Waals surface area contributed by atoms with Crippen LogP contribution in [0.4, 0.5) is 0 Å². The van der Waals surface area contributed by atoms with Crippen LogP contribution < -0.4 is 5.69 Å². The summed E-state index contributed by atoms with van der Waals surface area (Å²) in [7, 11) is 0. The quantitative estimate of drug-likeness (QED) is 0.478. The molecule has 0 spiro atoms. The van der Waals surface area contributed by atoms with Gasteiger partial charge in [-0.1, -0.05) is 11.6 Å². The average molecular weight is 414 g/mol. The van der Waals surface area contributed by atoms with Crippen LogP contribution in [0.3, 0.4) is 0 Å². The van der Waals surface area contributed by atoms with Gasteiger partial charge in [0.05, 0.1) is 29.3 Å². The summed E-state index contributed by atoms with van der Waals surface area (Å²) in [4.78, 5) is 27.3. The van der Waals surface area contributed by atoms with Crippen molar-refractivity contribution < 1.29 is 9.84 Å². The van der Waals surface area contributed by atoms with Crippen molar-refractivity contribution >= 4 is 33.8 Å². The Labute approximate surface area is 170 Å². The third-order valence-corrected chi connectivity index (χ3v) is 5.88. The highest BCUT2D eigenvalue weighted by molar-refractivity contribution is 6.35. The summed E-state index contributed by atoms with van der Waals surface area (Å²) in [5, 5.41) is 11.4. The average Bonchev–Trinajstić information content (AvgIpc) is 3.22. The fourth-order valence-electron chi connectivity index (χ4n) is 4.05. The van der Waals surface area contributed by atoms with Gasteiger partial charge in [0, 0.05) is 48.1 Å². The molecule has 5 heterocycles. The van der Waals surface area contributed by atoms with Crippen molar-refractivity contribution in [1.82, 2.24) is 24.5 Å². The van der Waals surface area contributed by atoms with Crippen LogP contribution in [-0.2, 0) is 11.3 Å². The number of H-pyrrole nitrogens is 2. The molecule has 0 aromatic carbocycles. The number of aromatic nitrogens is 5. The number of hydrogen-bond donors (Lipinski definition) is 3. The number of pyridine rings is 2. The Morgan fingerprint density at radius 3 is 3.00 bits per heavy atom. The van der Waals surface area contributed by atoms with Gasteiger partial charge in [-0.25, -0.2) is 14.8 Å². The summed E-state index contributed by atoms with van der Waals surface area (Å²) in [6.07, 6.45) is 5.76. The molecule has 4 aromatic heterocycles. The van der Waals surface area contributed by atoms with E-state index >= 15 is 0 Å². The van der Waals surface area contributed by atoms with Crippen LogP contribution >= 0.6 is 11.6 Å². The Morgan fingerprint density at radius 2 is 2.17 bits per heavy atom. The number of ether oxygens (including phenoxy) is 1. The molecule has 0 aliphatic carbocycles. The molecule has 0 unspecified atom stereocenters. The lowest BCUT2D eigenvalue weighted by molar-refractivity contribution is -0.0496. The first-order valence-corrected chi connectivity index (χ1v) is 9.90. The van der Waals surface area contributed by atoms with E-state index in [1.165, 1.54) is 0 Å². The smallest absolute Gasteiger partial charge is 0.327 e. The first kappa shape index (κ1) is 18.4. The van der Waals surface area contributed by atoms with Crippen LogP contribution in [0.1, 0.15) is 18.4 Å². The van der Waals surface area contributed by atoms with Gasteiger partial charge in [-0.15, -0.1) is 0 Å². The van der Waals surface area contributed by atoms with Gasteiger partial charge in [0.1, 0.15) is 5.65 Å². The van der Waals surface area contributed by atoms with Crippen LogP contribution in [0.15, 0.2) is 29.5 Å². The minimum atomic E-state index is -0.394. The molecule has 1 aliphatic rings. The van der Waals surface area contributed by atoms with E-state index in [0.717, 1.165) is 27.7 Å². The fraction of sp³-hybridized carbons (Fsp3) is 0.350. The molecule has 29 heavy (non-hydrogen) atoms. The van der Waals surface area contributed by atoms with E-state index in [0.29, 0.717) is 42.2 Å². The molecule has 4 aromatic rings. The highest BCUT2D eigenvalue weighted by Crippen LogP contribution is 2.32. The van der Waals surface area contributed by atoms with Gasteiger partial charge in [-0.3, -0.25) is 9.55 Å². The second-order valence-corrected chi connectivity index (χ2v) is 7.87. The van der Waals surface area contributed by atoms with Crippen LogP contribution in [0, 0.1) is 6.92 Å². The maximum absolute atomic E-state index is 12.5. The number of aliphatic hydroxyl groups excluding tert-OH is 1. The van der Waals surface area contributed by atoms with Crippen molar-refractivity contribution in [2.75, 3.05) is 6.61 Å². The number of nitrogens with one attached hydrogen (secondary N) is 2. The number of hydrogen-bond acceptors (Lipinski definition) is 5. The third-order valence-electron chi connectivity index (χ3n) is 5.58. The summed E-state index contributed by atoms with van der Waals surface area (Å²) in [5.41, 5.74) is 4.43. The molecule has 150 valence electrons. The normalized spacial score (nSPS) is 20.0. The minimum absolute atomic E-state index is 0.211. The van der Waals surface area contributed by atoms with Crippen LogP contribution in [-0.4, -0.2) is 48.4 Å². The lowest BCUT2D eigenvalue weighted by Gasteiger charge is -2.26. The molecule has 0 amide bonds. The number of imidazole rings is 1. The van der Waals surface area contributed by atoms with Gasteiger partial charge in [0.25, 0.3) is 0 Å². The monoisotopic (exact) mass is 413 g/mol. The Hall–Kier alpha value is -2.68. The van der Waals surface area contributed by atoms with Gasteiger partial charge in [-0.05, 0) is 25.0 Å². The van der Waals surface area contributed by atoms with Gasteiger partial charge < -0.3 is 14.8 Å². The number of fused-ring (bicyclic) bond motifs is 2. The Morgan fingerprint density at radius 1 is 1.34 bits per heavy atom. The fourth-order valence-corrected chi connectivity index (χ4v) is 4.34. The predicted molar refractivity (Wildman–Crippen MR) is 110 cm³/mol. The van der Waals surface area contributed by atoms with Crippen molar-refractivity contribution in [3.63, 3.8) is 0 Å². The lowest BCUT2D eigenvalue weighted by atomic mass is 10.0. The Bertz CT molecular complexity index is 1270. The molecular formula is C20H20ClN5O3. The maximum atomic E-state index is 12.5. The SMILES string of the molecule is Cc1c(-c2cnc3[nH]c(=O)n(C[C@H]4C[C@@H](O)CCO4)c3c2)cnc2[nH]cc(Cl)c12. The van der Waals surface area contributed by atoms with E-state index in [4.69, 9.17) is 16.3 Å². The van der Waals surface area contributed by atoms with Crippen molar-refractivity contribution in [3.8, 4) is 11.1 Å². The second kappa shape index (κ2) is 6.98. The van der Waals surface area contributed by atoms with Crippen molar-refractivity contribution in [2.45, 2.75) is 38.5 Å². The van der Waals surface area contributed by atoms with Crippen LogP contribution in [0.2, 0.25) is 5.02 Å². The Kier molecular flexibility index (Phi) is 4.42. The van der Waals surface area contributed by atoms with Gasteiger partial charge in [0.15, 0.2) is 5.65 Å². The molecule has 1 fully saturated rings. The van der Waals surface area contributed by atoms with Gasteiger partial charge >= 0.3 is 5.69 Å². The summed E-state index contributed by atoms with van der Waals surface area (Å²) < 4.78 is 7.35. The molecule has 5 rings (SSSR count). The summed E-state index contributed by atoms with van der Waals surface area (Å²) in [5.74, 6) is 0. The predicted octanol–water partition coefficient (Wildman–Crippen LogP) is 2.77. The second-order valence-electron chi connectivity index (χ2n) is 7.46. The van der Waals surface area contributed by atoms with Crippen molar-refractivity contribution in [3.05, 3.63) is 45.7 Å². The topological polar surface area (TPSA) is 109 Å². The molecule has 8 nitrogen and oxygen atoms in total. The van der Waals surface area contributed by atoms with Crippen LogP contribution in [0.25, 0.3) is 33.3 Å². The number of aromatic amines is 2. The molecule has 9 heteroatoms. The van der Waals surface area contributed by atoms with Crippen LogP contribution in [0.5, 0.6) is 0 Å². The van der Waals surface area contributed by atoms with E-state index in [9.17, 15) is 9.90 Å². The largest absolute Gasteiger partial charge is 0.393 e. The van der Waals surface area contributed by atoms with Crippen molar-refractivity contribution in [1.29, 1.82) is 0 Å². The molecule has 3 N–H and O–H groups in total.